The number of carbonyl (C=O) groups is 1. The fourth-order valence-corrected chi connectivity index (χ4v) is 4.29. The average molecular weight is 362 g/mol. The standard InChI is InChI=1S/C16H14N2O4S2/c19-15(17-9-13-7-4-8-22-13)11-24(20,21)16-18-14(10-23-16)12-5-2-1-3-6-12/h1-8,10H,9,11H2,(H,17,19). The first-order valence-corrected chi connectivity index (χ1v) is 9.60. The lowest BCUT2D eigenvalue weighted by Crippen LogP contribution is -2.29. The fraction of sp³-hybridized carbons (Fsp3) is 0.125. The Labute approximate surface area is 143 Å². The van der Waals surface area contributed by atoms with Crippen LogP contribution in [0.25, 0.3) is 11.3 Å². The molecule has 2 heterocycles. The number of nitrogens with one attached hydrogen (secondary N) is 1. The Kier molecular flexibility index (Phi) is 4.77. The molecule has 8 heteroatoms. The predicted octanol–water partition coefficient (Wildman–Crippen LogP) is 2.49. The predicted molar refractivity (Wildman–Crippen MR) is 90.2 cm³/mol. The molecule has 1 amide bonds. The van der Waals surface area contributed by atoms with Crippen LogP contribution in [0.2, 0.25) is 0 Å². The largest absolute Gasteiger partial charge is 0.467 e. The quantitative estimate of drug-likeness (QED) is 0.728. The van der Waals surface area contributed by atoms with Crippen LogP contribution in [-0.4, -0.2) is 25.1 Å². The van der Waals surface area contributed by atoms with Gasteiger partial charge in [0.25, 0.3) is 0 Å². The summed E-state index contributed by atoms with van der Waals surface area (Å²) in [5, 5.41) is 4.18. The van der Waals surface area contributed by atoms with Crippen LogP contribution in [0.1, 0.15) is 5.76 Å². The summed E-state index contributed by atoms with van der Waals surface area (Å²) in [5.74, 6) is -0.681. The van der Waals surface area contributed by atoms with Gasteiger partial charge in [-0.1, -0.05) is 30.3 Å². The molecule has 0 aliphatic heterocycles. The van der Waals surface area contributed by atoms with Crippen LogP contribution in [0.5, 0.6) is 0 Å². The highest BCUT2D eigenvalue weighted by atomic mass is 32.2. The highest BCUT2D eigenvalue weighted by Crippen LogP contribution is 2.24. The zero-order valence-electron chi connectivity index (χ0n) is 12.5. The Morgan fingerprint density at radius 3 is 2.67 bits per heavy atom. The molecule has 0 aliphatic rings. The number of amides is 1. The second-order valence-electron chi connectivity index (χ2n) is 4.98. The van der Waals surface area contributed by atoms with Crippen molar-refractivity contribution in [1.29, 1.82) is 0 Å². The zero-order chi connectivity index (χ0) is 17.0. The third-order valence-corrected chi connectivity index (χ3v) is 6.13. The van der Waals surface area contributed by atoms with Gasteiger partial charge in [0.05, 0.1) is 18.5 Å². The number of carbonyl (C=O) groups excluding carboxylic acids is 1. The summed E-state index contributed by atoms with van der Waals surface area (Å²) in [7, 11) is -3.77. The Balaban J connectivity index is 1.67. The van der Waals surface area contributed by atoms with Crippen molar-refractivity contribution in [3.63, 3.8) is 0 Å². The van der Waals surface area contributed by atoms with Gasteiger partial charge >= 0.3 is 0 Å². The number of aromatic nitrogens is 1. The van der Waals surface area contributed by atoms with E-state index in [4.69, 9.17) is 4.42 Å². The molecule has 0 aliphatic carbocycles. The molecule has 0 unspecified atom stereocenters. The Hall–Kier alpha value is -2.45. The van der Waals surface area contributed by atoms with E-state index in [9.17, 15) is 13.2 Å². The van der Waals surface area contributed by atoms with Crippen molar-refractivity contribution in [3.8, 4) is 11.3 Å². The first-order chi connectivity index (χ1) is 11.5. The summed E-state index contributed by atoms with van der Waals surface area (Å²) in [6.45, 7) is 0.147. The zero-order valence-corrected chi connectivity index (χ0v) is 14.1. The Morgan fingerprint density at radius 1 is 1.17 bits per heavy atom. The van der Waals surface area contributed by atoms with E-state index in [0.29, 0.717) is 11.5 Å². The Morgan fingerprint density at radius 2 is 1.96 bits per heavy atom. The molecular weight excluding hydrogens is 348 g/mol. The van der Waals surface area contributed by atoms with Crippen molar-refractivity contribution in [2.24, 2.45) is 0 Å². The molecule has 0 bridgehead atoms. The van der Waals surface area contributed by atoms with Gasteiger partial charge < -0.3 is 9.73 Å². The molecule has 3 rings (SSSR count). The molecule has 3 aromatic rings. The van der Waals surface area contributed by atoms with Crippen LogP contribution in [0, 0.1) is 0 Å². The maximum absolute atomic E-state index is 12.3. The van der Waals surface area contributed by atoms with E-state index in [2.05, 4.69) is 10.3 Å². The van der Waals surface area contributed by atoms with Crippen molar-refractivity contribution >= 4 is 27.1 Å². The third-order valence-electron chi connectivity index (χ3n) is 3.18. The Bertz CT molecular complexity index is 916. The topological polar surface area (TPSA) is 89.3 Å². The molecule has 0 radical (unpaired) electrons. The number of hydrogen-bond acceptors (Lipinski definition) is 6. The van der Waals surface area contributed by atoms with Crippen molar-refractivity contribution in [2.75, 3.05) is 5.75 Å². The van der Waals surface area contributed by atoms with Gasteiger partial charge in [0.2, 0.25) is 20.1 Å². The van der Waals surface area contributed by atoms with Crippen molar-refractivity contribution in [1.82, 2.24) is 10.3 Å². The minimum Gasteiger partial charge on any atom is -0.467 e. The van der Waals surface area contributed by atoms with E-state index in [0.717, 1.165) is 16.9 Å². The molecule has 6 nitrogen and oxygen atoms in total. The minimum atomic E-state index is -3.77. The molecule has 0 fully saturated rings. The van der Waals surface area contributed by atoms with Crippen LogP contribution in [0.4, 0.5) is 0 Å². The average Bonchev–Trinajstić information content (AvgIpc) is 3.25. The van der Waals surface area contributed by atoms with E-state index in [1.54, 1.807) is 17.5 Å². The SMILES string of the molecule is O=C(CS(=O)(=O)c1nc(-c2ccccc2)cs1)NCc1ccco1. The van der Waals surface area contributed by atoms with Gasteiger partial charge in [-0.05, 0) is 12.1 Å². The minimum absolute atomic E-state index is 0.0606. The second-order valence-corrected chi connectivity index (χ2v) is 8.00. The van der Waals surface area contributed by atoms with Gasteiger partial charge in [-0.2, -0.15) is 0 Å². The summed E-state index contributed by atoms with van der Waals surface area (Å²) in [6.07, 6.45) is 1.49. The highest BCUT2D eigenvalue weighted by molar-refractivity contribution is 7.94. The molecular formula is C16H14N2O4S2. The number of hydrogen-bond donors (Lipinski definition) is 1. The molecule has 0 saturated heterocycles. The molecule has 24 heavy (non-hydrogen) atoms. The molecule has 0 spiro atoms. The number of thiazole rings is 1. The molecule has 1 aromatic carbocycles. The van der Waals surface area contributed by atoms with Crippen LogP contribution in [-0.2, 0) is 21.2 Å². The van der Waals surface area contributed by atoms with Gasteiger partial charge in [0, 0.05) is 10.9 Å². The van der Waals surface area contributed by atoms with Gasteiger partial charge in [0.15, 0.2) is 0 Å². The van der Waals surface area contributed by atoms with Crippen molar-refractivity contribution in [2.45, 2.75) is 10.9 Å². The van der Waals surface area contributed by atoms with Gasteiger partial charge in [-0.3, -0.25) is 4.79 Å². The van der Waals surface area contributed by atoms with Crippen LogP contribution < -0.4 is 5.32 Å². The molecule has 124 valence electrons. The molecule has 0 saturated carbocycles. The van der Waals surface area contributed by atoms with Gasteiger partial charge in [-0.25, -0.2) is 13.4 Å². The fourth-order valence-electron chi connectivity index (χ4n) is 2.03. The number of benzene rings is 1. The summed E-state index contributed by atoms with van der Waals surface area (Å²) >= 11 is 1.01. The number of rotatable bonds is 6. The van der Waals surface area contributed by atoms with E-state index in [1.807, 2.05) is 30.3 Å². The first kappa shape index (κ1) is 16.4. The summed E-state index contributed by atoms with van der Waals surface area (Å²) in [4.78, 5) is 16.0. The lowest BCUT2D eigenvalue weighted by atomic mass is 10.2. The summed E-state index contributed by atoms with van der Waals surface area (Å²) in [6, 6.07) is 12.7. The number of sulfone groups is 1. The summed E-state index contributed by atoms with van der Waals surface area (Å²) < 4.78 is 29.6. The normalized spacial score (nSPS) is 11.3. The van der Waals surface area contributed by atoms with Crippen LogP contribution >= 0.6 is 11.3 Å². The van der Waals surface area contributed by atoms with Crippen molar-refractivity contribution < 1.29 is 17.6 Å². The number of nitrogens with zero attached hydrogens (tertiary/aromatic N) is 1. The second kappa shape index (κ2) is 6.98. The van der Waals surface area contributed by atoms with Gasteiger partial charge in [-0.15, -0.1) is 11.3 Å². The maximum Gasteiger partial charge on any atom is 0.236 e. The lowest BCUT2D eigenvalue weighted by Gasteiger charge is -2.03. The summed E-state index contributed by atoms with van der Waals surface area (Å²) in [5.41, 5.74) is 1.41. The van der Waals surface area contributed by atoms with Crippen molar-refractivity contribution in [3.05, 3.63) is 59.9 Å². The molecule has 0 atom stereocenters. The highest BCUT2D eigenvalue weighted by Gasteiger charge is 2.23. The van der Waals surface area contributed by atoms with Gasteiger partial charge in [0.1, 0.15) is 11.5 Å². The monoisotopic (exact) mass is 362 g/mol. The van der Waals surface area contributed by atoms with E-state index >= 15 is 0 Å². The smallest absolute Gasteiger partial charge is 0.236 e. The van der Waals surface area contributed by atoms with E-state index < -0.39 is 21.5 Å². The first-order valence-electron chi connectivity index (χ1n) is 7.07. The number of furan rings is 1. The van der Waals surface area contributed by atoms with Crippen LogP contribution in [0.3, 0.4) is 0 Å². The maximum atomic E-state index is 12.3. The third kappa shape index (κ3) is 3.90. The molecule has 2 aromatic heterocycles. The lowest BCUT2D eigenvalue weighted by molar-refractivity contribution is -0.118. The van der Waals surface area contributed by atoms with E-state index in [1.165, 1.54) is 6.26 Å². The van der Waals surface area contributed by atoms with E-state index in [-0.39, 0.29) is 10.9 Å². The molecule has 1 N–H and O–H groups in total. The van der Waals surface area contributed by atoms with Crippen LogP contribution in [0.15, 0.2) is 62.9 Å².